The van der Waals surface area contributed by atoms with Gasteiger partial charge in [0.05, 0.1) is 22.9 Å². The lowest BCUT2D eigenvalue weighted by Gasteiger charge is -2.43. The SMILES string of the molecule is CN=C(N)C1CC(N(CC(C)C)C(=O)c2nc3ccccc3n2CCCCOC)CN(C(=O)OC(C)(C)C)C1. The normalized spacial score (nSPS) is 18.6. The van der Waals surface area contributed by atoms with Crippen molar-refractivity contribution in [3.8, 4) is 0 Å². The topological polar surface area (TPSA) is 115 Å². The minimum atomic E-state index is -0.634. The van der Waals surface area contributed by atoms with Crippen molar-refractivity contribution in [1.82, 2.24) is 19.4 Å². The number of aromatic nitrogens is 2. The highest BCUT2D eigenvalue weighted by Gasteiger charge is 2.39. The number of imidazole rings is 1. The van der Waals surface area contributed by atoms with E-state index in [0.29, 0.717) is 50.9 Å². The summed E-state index contributed by atoms with van der Waals surface area (Å²) in [6.45, 7) is 12.3. The molecule has 0 saturated carbocycles. The molecule has 0 spiro atoms. The lowest BCUT2D eigenvalue weighted by Crippen LogP contribution is -2.57. The number of nitrogens with two attached hydrogens (primary N) is 1. The van der Waals surface area contributed by atoms with E-state index in [-0.39, 0.29) is 23.8 Å². The molecule has 0 aliphatic carbocycles. The van der Waals surface area contributed by atoms with Crippen molar-refractivity contribution in [1.29, 1.82) is 0 Å². The molecule has 1 fully saturated rings. The van der Waals surface area contributed by atoms with E-state index in [1.807, 2.05) is 54.5 Å². The Morgan fingerprint density at radius 1 is 1.21 bits per heavy atom. The third-order valence-corrected chi connectivity index (χ3v) is 6.85. The van der Waals surface area contributed by atoms with Crippen LogP contribution < -0.4 is 5.73 Å². The Balaban J connectivity index is 1.99. The second-order valence-corrected chi connectivity index (χ2v) is 11.7. The average Bonchev–Trinajstić information content (AvgIpc) is 3.26. The molecule has 10 nitrogen and oxygen atoms in total. The molecule has 0 bridgehead atoms. The number of carbonyl (C=O) groups excluding carboxylic acids is 2. The van der Waals surface area contributed by atoms with Gasteiger partial charge in [0, 0.05) is 52.9 Å². The average molecular weight is 543 g/mol. The summed E-state index contributed by atoms with van der Waals surface area (Å²) < 4.78 is 12.9. The summed E-state index contributed by atoms with van der Waals surface area (Å²) >= 11 is 0. The predicted molar refractivity (Wildman–Crippen MR) is 154 cm³/mol. The highest BCUT2D eigenvalue weighted by molar-refractivity contribution is 5.95. The van der Waals surface area contributed by atoms with Crippen LogP contribution in [0.1, 0.15) is 64.5 Å². The summed E-state index contributed by atoms with van der Waals surface area (Å²) in [5.41, 5.74) is 7.37. The zero-order valence-electron chi connectivity index (χ0n) is 24.6. The van der Waals surface area contributed by atoms with Gasteiger partial charge in [0.1, 0.15) is 5.60 Å². The molecule has 2 heterocycles. The van der Waals surface area contributed by atoms with Crippen LogP contribution in [0.3, 0.4) is 0 Å². The smallest absolute Gasteiger partial charge is 0.410 e. The number of amidine groups is 1. The molecule has 2 unspecified atom stereocenters. The Labute approximate surface area is 232 Å². The van der Waals surface area contributed by atoms with Crippen LogP contribution in [0.2, 0.25) is 0 Å². The fourth-order valence-electron chi connectivity index (χ4n) is 5.07. The first-order valence-electron chi connectivity index (χ1n) is 13.9. The number of methoxy groups -OCH3 is 1. The number of carbonyl (C=O) groups is 2. The number of para-hydroxylation sites is 2. The van der Waals surface area contributed by atoms with Gasteiger partial charge >= 0.3 is 6.09 Å². The van der Waals surface area contributed by atoms with Crippen LogP contribution in [0.25, 0.3) is 11.0 Å². The van der Waals surface area contributed by atoms with Crippen molar-refractivity contribution >= 4 is 28.9 Å². The third-order valence-electron chi connectivity index (χ3n) is 6.85. The zero-order valence-corrected chi connectivity index (χ0v) is 24.6. The van der Waals surface area contributed by atoms with Crippen LogP contribution in [0.5, 0.6) is 0 Å². The number of benzene rings is 1. The van der Waals surface area contributed by atoms with Gasteiger partial charge in [-0.15, -0.1) is 0 Å². The van der Waals surface area contributed by atoms with E-state index >= 15 is 0 Å². The summed E-state index contributed by atoms with van der Waals surface area (Å²) in [6.07, 6.45) is 1.94. The minimum Gasteiger partial charge on any atom is -0.444 e. The number of hydrogen-bond donors (Lipinski definition) is 1. The number of aliphatic imine (C=N–C) groups is 1. The molecule has 216 valence electrons. The van der Waals surface area contributed by atoms with Crippen LogP contribution in [0.4, 0.5) is 4.79 Å². The van der Waals surface area contributed by atoms with E-state index in [4.69, 9.17) is 20.2 Å². The maximum absolute atomic E-state index is 14.3. The standard InChI is InChI=1S/C29H46N6O4/c1-20(2)17-35(22-16-21(25(30)31-6)18-33(19-22)28(37)39-29(3,4)5)27(36)26-32-23-12-8-9-13-24(23)34(26)14-10-11-15-38-7/h8-9,12-13,20-22H,10-11,14-19H2,1-7H3,(H2,30,31). The molecule has 1 aromatic heterocycles. The number of rotatable bonds is 10. The van der Waals surface area contributed by atoms with Crippen molar-refractivity contribution < 1.29 is 19.1 Å². The van der Waals surface area contributed by atoms with Crippen molar-refractivity contribution in [2.24, 2.45) is 22.6 Å². The number of aryl methyl sites for hydroxylation is 1. The summed E-state index contributed by atoms with van der Waals surface area (Å²) in [7, 11) is 3.35. The molecule has 1 saturated heterocycles. The fraction of sp³-hybridized carbons (Fsp3) is 0.655. The maximum Gasteiger partial charge on any atom is 0.410 e. The lowest BCUT2D eigenvalue weighted by molar-refractivity contribution is 0.00538. The molecular weight excluding hydrogens is 496 g/mol. The van der Waals surface area contributed by atoms with E-state index in [1.165, 1.54) is 0 Å². The lowest BCUT2D eigenvalue weighted by atomic mass is 9.91. The quantitative estimate of drug-likeness (QED) is 0.274. The number of nitrogens with zero attached hydrogens (tertiary/aromatic N) is 5. The van der Waals surface area contributed by atoms with E-state index in [1.54, 1.807) is 19.1 Å². The summed E-state index contributed by atoms with van der Waals surface area (Å²) in [6, 6.07) is 7.56. The van der Waals surface area contributed by atoms with E-state index in [9.17, 15) is 9.59 Å². The summed E-state index contributed by atoms with van der Waals surface area (Å²) in [5, 5.41) is 0. The van der Waals surface area contributed by atoms with Crippen LogP contribution in [-0.4, -0.2) is 89.2 Å². The van der Waals surface area contributed by atoms with Gasteiger partial charge in [-0.3, -0.25) is 9.79 Å². The fourth-order valence-corrected chi connectivity index (χ4v) is 5.07. The number of likely N-dealkylation sites (tertiary alicyclic amines) is 1. The highest BCUT2D eigenvalue weighted by atomic mass is 16.6. The molecule has 10 heteroatoms. The molecule has 2 amide bonds. The highest BCUT2D eigenvalue weighted by Crippen LogP contribution is 2.27. The number of ether oxygens (including phenoxy) is 2. The van der Waals surface area contributed by atoms with Gasteiger partial charge in [-0.2, -0.15) is 0 Å². The van der Waals surface area contributed by atoms with E-state index in [0.717, 1.165) is 23.9 Å². The van der Waals surface area contributed by atoms with Gasteiger partial charge in [0.25, 0.3) is 5.91 Å². The Bertz CT molecular complexity index is 1150. The van der Waals surface area contributed by atoms with Gasteiger partial charge in [-0.25, -0.2) is 9.78 Å². The summed E-state index contributed by atoms with van der Waals surface area (Å²) in [5.74, 6) is 0.763. The minimum absolute atomic E-state index is 0.145. The molecule has 0 radical (unpaired) electrons. The Morgan fingerprint density at radius 2 is 1.92 bits per heavy atom. The number of fused-ring (bicyclic) bond motifs is 1. The Kier molecular flexibility index (Phi) is 10.4. The molecule has 2 aromatic rings. The number of unbranched alkanes of at least 4 members (excludes halogenated alkanes) is 1. The molecule has 1 aliphatic rings. The number of hydrogen-bond acceptors (Lipinski definition) is 6. The van der Waals surface area contributed by atoms with E-state index < -0.39 is 11.7 Å². The second-order valence-electron chi connectivity index (χ2n) is 11.7. The molecule has 39 heavy (non-hydrogen) atoms. The third kappa shape index (κ3) is 7.94. The Morgan fingerprint density at radius 3 is 2.56 bits per heavy atom. The molecule has 3 rings (SSSR count). The number of amides is 2. The second kappa shape index (κ2) is 13.3. The van der Waals surface area contributed by atoms with Crippen molar-refractivity contribution in [3.05, 3.63) is 30.1 Å². The molecule has 2 N–H and O–H groups in total. The number of piperidine rings is 1. The van der Waals surface area contributed by atoms with Gasteiger partial charge in [-0.05, 0) is 58.1 Å². The summed E-state index contributed by atoms with van der Waals surface area (Å²) in [4.78, 5) is 40.0. The van der Waals surface area contributed by atoms with Crippen molar-refractivity contribution in [2.75, 3.05) is 40.4 Å². The molecule has 2 atom stereocenters. The van der Waals surface area contributed by atoms with Crippen LogP contribution in [0.15, 0.2) is 29.3 Å². The Hall–Kier alpha value is -3.14. The van der Waals surface area contributed by atoms with Crippen molar-refractivity contribution in [2.45, 2.75) is 72.1 Å². The first-order valence-corrected chi connectivity index (χ1v) is 13.9. The molecule has 1 aromatic carbocycles. The van der Waals surface area contributed by atoms with Gasteiger partial charge in [-0.1, -0.05) is 26.0 Å². The van der Waals surface area contributed by atoms with Crippen LogP contribution in [0, 0.1) is 11.8 Å². The van der Waals surface area contributed by atoms with Crippen molar-refractivity contribution in [3.63, 3.8) is 0 Å². The van der Waals surface area contributed by atoms with Gasteiger partial charge < -0.3 is 29.6 Å². The zero-order chi connectivity index (χ0) is 28.7. The first kappa shape index (κ1) is 30.4. The maximum atomic E-state index is 14.3. The monoisotopic (exact) mass is 542 g/mol. The van der Waals surface area contributed by atoms with Crippen LogP contribution >= 0.6 is 0 Å². The largest absolute Gasteiger partial charge is 0.444 e. The van der Waals surface area contributed by atoms with Gasteiger partial charge in [0.2, 0.25) is 0 Å². The first-order chi connectivity index (χ1) is 18.4. The molecular formula is C29H46N6O4. The molecule has 1 aliphatic heterocycles. The van der Waals surface area contributed by atoms with Crippen LogP contribution in [-0.2, 0) is 16.0 Å². The van der Waals surface area contributed by atoms with E-state index in [2.05, 4.69) is 18.8 Å². The van der Waals surface area contributed by atoms with Gasteiger partial charge in [0.15, 0.2) is 5.82 Å². The predicted octanol–water partition coefficient (Wildman–Crippen LogP) is 4.17.